The highest BCUT2D eigenvalue weighted by molar-refractivity contribution is 9.10. The molecule has 0 saturated heterocycles. The number of methoxy groups -OCH3 is 1. The Balaban J connectivity index is 2.67. The van der Waals surface area contributed by atoms with Crippen LogP contribution in [0.25, 0.3) is 5.82 Å². The molecule has 0 unspecified atom stereocenters. The monoisotopic (exact) mass is 338 g/mol. The molecular formula is C13H15BrN4O2. The van der Waals surface area contributed by atoms with E-state index in [1.165, 1.54) is 7.11 Å². The molecule has 0 amide bonds. The van der Waals surface area contributed by atoms with Gasteiger partial charge >= 0.3 is 5.97 Å². The number of ether oxygens (including phenoxy) is 1. The van der Waals surface area contributed by atoms with Gasteiger partial charge in [0.25, 0.3) is 0 Å². The lowest BCUT2D eigenvalue weighted by Gasteiger charge is -2.10. The molecule has 0 aliphatic rings. The molecule has 0 aliphatic heterocycles. The fraction of sp³-hybridized carbons (Fsp3) is 0.308. The van der Waals surface area contributed by atoms with Gasteiger partial charge in [-0.05, 0) is 34.5 Å². The second kappa shape index (κ2) is 5.62. The molecule has 6 nitrogen and oxygen atoms in total. The van der Waals surface area contributed by atoms with Crippen LogP contribution in [0.5, 0.6) is 0 Å². The van der Waals surface area contributed by atoms with Gasteiger partial charge in [0.15, 0.2) is 5.69 Å². The molecule has 0 radical (unpaired) electrons. The Morgan fingerprint density at radius 3 is 2.80 bits per heavy atom. The normalized spacial score (nSPS) is 10.6. The van der Waals surface area contributed by atoms with E-state index < -0.39 is 5.97 Å². The first-order valence-electron chi connectivity index (χ1n) is 6.07. The van der Waals surface area contributed by atoms with Crippen LogP contribution >= 0.6 is 15.9 Å². The predicted octanol–water partition coefficient (Wildman–Crippen LogP) is 2.27. The molecule has 0 fully saturated rings. The van der Waals surface area contributed by atoms with Gasteiger partial charge in [-0.1, -0.05) is 6.92 Å². The maximum atomic E-state index is 11.7. The number of nitrogens with two attached hydrogens (primary N) is 1. The Labute approximate surface area is 125 Å². The summed E-state index contributed by atoms with van der Waals surface area (Å²) in [5, 5.41) is 0. The lowest BCUT2D eigenvalue weighted by molar-refractivity contribution is 0.0596. The molecule has 0 spiro atoms. The molecule has 2 heterocycles. The number of aryl methyl sites for hydroxylation is 2. The third-order valence-corrected chi connectivity index (χ3v) is 3.34. The van der Waals surface area contributed by atoms with Crippen molar-refractivity contribution in [3.05, 3.63) is 33.8 Å². The van der Waals surface area contributed by atoms with Crippen molar-refractivity contribution in [2.45, 2.75) is 20.3 Å². The standard InChI is InChI=1S/C13H15BrN4O2/c1-4-9-17-10(13(19)20-3)11(15)18(9)12-7(2)5-8(14)6-16-12/h5-6H,4,15H2,1-3H3. The number of esters is 1. The molecule has 106 valence electrons. The number of carbonyl (C=O) groups excluding carboxylic acids is 1. The van der Waals surface area contributed by atoms with Crippen molar-refractivity contribution < 1.29 is 9.53 Å². The number of anilines is 1. The first kappa shape index (κ1) is 14.5. The van der Waals surface area contributed by atoms with Gasteiger partial charge in [-0.25, -0.2) is 14.8 Å². The summed E-state index contributed by atoms with van der Waals surface area (Å²) in [6, 6.07) is 1.93. The molecule has 0 aromatic carbocycles. The van der Waals surface area contributed by atoms with Crippen LogP contribution in [0.1, 0.15) is 28.8 Å². The lowest BCUT2D eigenvalue weighted by atomic mass is 10.3. The Bertz CT molecular complexity index is 667. The van der Waals surface area contributed by atoms with Crippen molar-refractivity contribution in [3.8, 4) is 5.82 Å². The van der Waals surface area contributed by atoms with Gasteiger partial charge < -0.3 is 10.5 Å². The first-order chi connectivity index (χ1) is 9.49. The van der Waals surface area contributed by atoms with E-state index in [0.717, 1.165) is 10.0 Å². The minimum absolute atomic E-state index is 0.119. The number of hydrogen-bond acceptors (Lipinski definition) is 5. The number of nitrogens with zero attached hydrogens (tertiary/aromatic N) is 3. The van der Waals surface area contributed by atoms with Crippen molar-refractivity contribution >= 4 is 27.7 Å². The predicted molar refractivity (Wildman–Crippen MR) is 78.9 cm³/mol. The molecule has 2 aromatic heterocycles. The molecule has 0 aliphatic carbocycles. The summed E-state index contributed by atoms with van der Waals surface area (Å²) in [6.45, 7) is 3.86. The van der Waals surface area contributed by atoms with E-state index in [4.69, 9.17) is 10.5 Å². The second-order valence-electron chi connectivity index (χ2n) is 4.24. The zero-order valence-electron chi connectivity index (χ0n) is 11.5. The Morgan fingerprint density at radius 1 is 1.55 bits per heavy atom. The minimum Gasteiger partial charge on any atom is -0.464 e. The summed E-state index contributed by atoms with van der Waals surface area (Å²) in [7, 11) is 1.30. The number of halogens is 1. The molecule has 7 heteroatoms. The number of imidazole rings is 1. The summed E-state index contributed by atoms with van der Waals surface area (Å²) in [6.07, 6.45) is 2.30. The van der Waals surface area contributed by atoms with Crippen molar-refractivity contribution in [2.24, 2.45) is 0 Å². The van der Waals surface area contributed by atoms with Crippen LogP contribution < -0.4 is 5.73 Å². The topological polar surface area (TPSA) is 83.0 Å². The van der Waals surface area contributed by atoms with Gasteiger partial charge in [0.05, 0.1) is 7.11 Å². The molecule has 0 atom stereocenters. The highest BCUT2D eigenvalue weighted by atomic mass is 79.9. The molecule has 2 aromatic rings. The summed E-state index contributed by atoms with van der Waals surface area (Å²) in [5.74, 6) is 1.02. The number of rotatable bonds is 3. The Morgan fingerprint density at radius 2 is 2.25 bits per heavy atom. The Kier molecular flexibility index (Phi) is 4.08. The fourth-order valence-electron chi connectivity index (χ4n) is 1.97. The Hall–Kier alpha value is -1.89. The van der Waals surface area contributed by atoms with E-state index in [1.807, 2.05) is 19.9 Å². The number of aromatic nitrogens is 3. The highest BCUT2D eigenvalue weighted by Crippen LogP contribution is 2.24. The van der Waals surface area contributed by atoms with Crippen LogP contribution in [0.2, 0.25) is 0 Å². The van der Waals surface area contributed by atoms with Crippen molar-refractivity contribution in [3.63, 3.8) is 0 Å². The summed E-state index contributed by atoms with van der Waals surface area (Å²) >= 11 is 3.37. The quantitative estimate of drug-likeness (QED) is 0.868. The average molecular weight is 339 g/mol. The highest BCUT2D eigenvalue weighted by Gasteiger charge is 2.22. The van der Waals surface area contributed by atoms with Crippen molar-refractivity contribution in [1.82, 2.24) is 14.5 Å². The maximum Gasteiger partial charge on any atom is 0.360 e. The largest absolute Gasteiger partial charge is 0.464 e. The maximum absolute atomic E-state index is 11.7. The number of nitrogen functional groups attached to an aromatic ring is 1. The zero-order valence-corrected chi connectivity index (χ0v) is 13.1. The summed E-state index contributed by atoms with van der Waals surface area (Å²) in [4.78, 5) is 20.3. The fourth-order valence-corrected chi connectivity index (χ4v) is 2.41. The molecule has 2 N–H and O–H groups in total. The third kappa shape index (κ3) is 2.40. The van der Waals surface area contributed by atoms with Gasteiger partial charge in [-0.2, -0.15) is 0 Å². The van der Waals surface area contributed by atoms with Gasteiger partial charge in [-0.15, -0.1) is 0 Å². The SMILES string of the molecule is CCc1nc(C(=O)OC)c(N)n1-c1ncc(Br)cc1C. The van der Waals surface area contributed by atoms with E-state index in [1.54, 1.807) is 10.8 Å². The third-order valence-electron chi connectivity index (χ3n) is 2.91. The van der Waals surface area contributed by atoms with Crippen molar-refractivity contribution in [1.29, 1.82) is 0 Å². The van der Waals surface area contributed by atoms with Crippen LogP contribution in [0, 0.1) is 6.92 Å². The summed E-state index contributed by atoms with van der Waals surface area (Å²) < 4.78 is 7.26. The van der Waals surface area contributed by atoms with E-state index in [2.05, 4.69) is 25.9 Å². The van der Waals surface area contributed by atoms with Crippen LogP contribution in [0.4, 0.5) is 5.82 Å². The number of pyridine rings is 1. The number of hydrogen-bond donors (Lipinski definition) is 1. The molecule has 20 heavy (non-hydrogen) atoms. The van der Waals surface area contributed by atoms with Gasteiger partial charge in [0, 0.05) is 17.1 Å². The van der Waals surface area contributed by atoms with E-state index in [-0.39, 0.29) is 11.5 Å². The van der Waals surface area contributed by atoms with E-state index in [9.17, 15) is 4.79 Å². The van der Waals surface area contributed by atoms with Crippen LogP contribution in [-0.2, 0) is 11.2 Å². The molecule has 0 bridgehead atoms. The van der Waals surface area contributed by atoms with Crippen LogP contribution in [-0.4, -0.2) is 27.6 Å². The van der Waals surface area contributed by atoms with Crippen molar-refractivity contribution in [2.75, 3.05) is 12.8 Å². The molecular weight excluding hydrogens is 324 g/mol. The van der Waals surface area contributed by atoms with E-state index in [0.29, 0.717) is 18.1 Å². The zero-order chi connectivity index (χ0) is 14.9. The van der Waals surface area contributed by atoms with Gasteiger partial charge in [0.2, 0.25) is 0 Å². The van der Waals surface area contributed by atoms with Gasteiger partial charge in [-0.3, -0.25) is 4.57 Å². The van der Waals surface area contributed by atoms with Gasteiger partial charge in [0.1, 0.15) is 17.5 Å². The van der Waals surface area contributed by atoms with E-state index >= 15 is 0 Å². The molecule has 0 saturated carbocycles. The van der Waals surface area contributed by atoms with Crippen LogP contribution in [0.3, 0.4) is 0 Å². The number of carbonyl (C=O) groups is 1. The first-order valence-corrected chi connectivity index (χ1v) is 6.86. The average Bonchev–Trinajstić information content (AvgIpc) is 2.75. The minimum atomic E-state index is -0.550. The lowest BCUT2D eigenvalue weighted by Crippen LogP contribution is -2.10. The molecule has 2 rings (SSSR count). The smallest absolute Gasteiger partial charge is 0.360 e. The second-order valence-corrected chi connectivity index (χ2v) is 5.15. The van der Waals surface area contributed by atoms with Crippen LogP contribution in [0.15, 0.2) is 16.7 Å². The summed E-state index contributed by atoms with van der Waals surface area (Å²) in [5.41, 5.74) is 7.09.